The molecule has 0 saturated heterocycles. The molecule has 0 unspecified atom stereocenters. The minimum Gasteiger partial charge on any atom is -0.293 e. The summed E-state index contributed by atoms with van der Waals surface area (Å²) >= 11 is 5.84. The Kier molecular flexibility index (Phi) is 4.54. The highest BCUT2D eigenvalue weighted by molar-refractivity contribution is 6.30. The summed E-state index contributed by atoms with van der Waals surface area (Å²) in [7, 11) is 0. The summed E-state index contributed by atoms with van der Waals surface area (Å²) in [5.41, 5.74) is 2.75. The van der Waals surface area contributed by atoms with Crippen LogP contribution in [0.15, 0.2) is 29.3 Å². The van der Waals surface area contributed by atoms with Gasteiger partial charge >= 0.3 is 0 Å². The molecule has 0 saturated carbocycles. The van der Waals surface area contributed by atoms with Crippen molar-refractivity contribution in [2.24, 2.45) is 4.99 Å². The summed E-state index contributed by atoms with van der Waals surface area (Å²) in [4.78, 5) is 4.12. The quantitative estimate of drug-likeness (QED) is 0.754. The fourth-order valence-electron chi connectivity index (χ4n) is 1.60. The van der Waals surface area contributed by atoms with E-state index in [1.165, 1.54) is 0 Å². The zero-order valence-corrected chi connectivity index (χ0v) is 10.1. The molecular formula is C12H10Cl2N2. The van der Waals surface area contributed by atoms with E-state index in [4.69, 9.17) is 16.9 Å². The highest BCUT2D eigenvalue weighted by Crippen LogP contribution is 2.25. The lowest BCUT2D eigenvalue weighted by Gasteiger charge is -2.10. The lowest BCUT2D eigenvalue weighted by Crippen LogP contribution is -1.96. The Balaban J connectivity index is 0.00000128. The van der Waals surface area contributed by atoms with Crippen LogP contribution in [0, 0.1) is 11.3 Å². The number of benzene rings is 1. The van der Waals surface area contributed by atoms with Crippen LogP contribution in [0.3, 0.4) is 0 Å². The molecule has 4 heteroatoms. The second kappa shape index (κ2) is 5.69. The SMILES string of the molecule is Cl.N#Cc1cc(Cl)ccc1C1=CC=NCC1. The van der Waals surface area contributed by atoms with Crippen LogP contribution in [0.2, 0.25) is 5.02 Å². The fourth-order valence-corrected chi connectivity index (χ4v) is 1.77. The summed E-state index contributed by atoms with van der Waals surface area (Å²) in [5, 5.41) is 9.60. The number of hydrogen-bond acceptors (Lipinski definition) is 2. The van der Waals surface area contributed by atoms with E-state index in [0.717, 1.165) is 24.1 Å². The number of rotatable bonds is 1. The molecule has 1 aliphatic rings. The number of aliphatic imine (C=N–C) groups is 1. The molecular weight excluding hydrogens is 243 g/mol. The zero-order valence-electron chi connectivity index (χ0n) is 8.48. The highest BCUT2D eigenvalue weighted by atomic mass is 35.5. The summed E-state index contributed by atoms with van der Waals surface area (Å²) in [6.45, 7) is 0.791. The average Bonchev–Trinajstić information content (AvgIpc) is 2.30. The van der Waals surface area contributed by atoms with Crippen molar-refractivity contribution in [2.45, 2.75) is 6.42 Å². The normalized spacial score (nSPS) is 13.6. The van der Waals surface area contributed by atoms with Crippen molar-refractivity contribution >= 4 is 35.8 Å². The number of allylic oxidation sites excluding steroid dienone is 1. The van der Waals surface area contributed by atoms with Crippen molar-refractivity contribution in [2.75, 3.05) is 6.54 Å². The Morgan fingerprint density at radius 2 is 2.19 bits per heavy atom. The number of dihydropyridines is 1. The van der Waals surface area contributed by atoms with Gasteiger partial charge in [0.2, 0.25) is 0 Å². The predicted octanol–water partition coefficient (Wildman–Crippen LogP) is 3.49. The van der Waals surface area contributed by atoms with E-state index in [9.17, 15) is 0 Å². The van der Waals surface area contributed by atoms with Gasteiger partial charge in [-0.05, 0) is 35.8 Å². The van der Waals surface area contributed by atoms with E-state index >= 15 is 0 Å². The molecule has 82 valence electrons. The van der Waals surface area contributed by atoms with Crippen molar-refractivity contribution in [3.63, 3.8) is 0 Å². The maximum absolute atomic E-state index is 9.00. The molecule has 0 amide bonds. The van der Waals surface area contributed by atoms with Gasteiger partial charge in [0, 0.05) is 17.8 Å². The predicted molar refractivity (Wildman–Crippen MR) is 69.4 cm³/mol. The van der Waals surface area contributed by atoms with Crippen LogP contribution in [0.4, 0.5) is 0 Å². The van der Waals surface area contributed by atoms with E-state index in [1.54, 1.807) is 12.3 Å². The first-order valence-corrected chi connectivity index (χ1v) is 5.08. The summed E-state index contributed by atoms with van der Waals surface area (Å²) in [5.74, 6) is 0. The molecule has 0 fully saturated rings. The smallest absolute Gasteiger partial charge is 0.0998 e. The second-order valence-corrected chi connectivity index (χ2v) is 3.74. The minimum atomic E-state index is 0. The monoisotopic (exact) mass is 252 g/mol. The third kappa shape index (κ3) is 2.63. The Bertz CT molecular complexity index is 484. The molecule has 16 heavy (non-hydrogen) atoms. The van der Waals surface area contributed by atoms with Crippen LogP contribution in [0.1, 0.15) is 17.5 Å². The highest BCUT2D eigenvalue weighted by Gasteiger charge is 2.09. The first-order chi connectivity index (χ1) is 7.31. The minimum absolute atomic E-state index is 0. The average molecular weight is 253 g/mol. The van der Waals surface area contributed by atoms with Gasteiger partial charge < -0.3 is 0 Å². The third-order valence-corrected chi connectivity index (χ3v) is 2.57. The summed E-state index contributed by atoms with van der Waals surface area (Å²) in [6.07, 6.45) is 4.62. The standard InChI is InChI=1S/C12H9ClN2.ClH/c13-11-1-2-12(10(7-11)8-14)9-3-5-15-6-4-9;/h1-3,5,7H,4,6H2;1H. The van der Waals surface area contributed by atoms with Crippen molar-refractivity contribution in [1.82, 2.24) is 0 Å². The van der Waals surface area contributed by atoms with Crippen LogP contribution in [0.25, 0.3) is 5.57 Å². The lowest BCUT2D eigenvalue weighted by atomic mass is 9.97. The largest absolute Gasteiger partial charge is 0.293 e. The number of hydrogen-bond donors (Lipinski definition) is 0. The van der Waals surface area contributed by atoms with Gasteiger partial charge in [0.25, 0.3) is 0 Å². The number of nitriles is 1. The fraction of sp³-hybridized carbons (Fsp3) is 0.167. The molecule has 0 aliphatic carbocycles. The Hall–Kier alpha value is -1.30. The molecule has 1 heterocycles. The molecule has 0 atom stereocenters. The Labute approximate surface area is 106 Å². The van der Waals surface area contributed by atoms with Gasteiger partial charge in [0.1, 0.15) is 0 Å². The van der Waals surface area contributed by atoms with Crippen LogP contribution in [0.5, 0.6) is 0 Å². The maximum Gasteiger partial charge on any atom is 0.0998 e. The first-order valence-electron chi connectivity index (χ1n) is 4.70. The van der Waals surface area contributed by atoms with E-state index in [0.29, 0.717) is 10.6 Å². The van der Waals surface area contributed by atoms with Gasteiger partial charge in [0.15, 0.2) is 0 Å². The van der Waals surface area contributed by atoms with Crippen LogP contribution in [-0.4, -0.2) is 12.8 Å². The second-order valence-electron chi connectivity index (χ2n) is 3.30. The number of nitrogens with zero attached hydrogens (tertiary/aromatic N) is 2. The van der Waals surface area contributed by atoms with Gasteiger partial charge in [-0.15, -0.1) is 12.4 Å². The molecule has 1 aliphatic heterocycles. The molecule has 1 aromatic rings. The van der Waals surface area contributed by atoms with Crippen LogP contribution in [-0.2, 0) is 0 Å². The van der Waals surface area contributed by atoms with Gasteiger partial charge in [-0.25, -0.2) is 0 Å². The zero-order chi connectivity index (χ0) is 10.7. The molecule has 2 nitrogen and oxygen atoms in total. The van der Waals surface area contributed by atoms with Crippen LogP contribution >= 0.6 is 24.0 Å². The lowest BCUT2D eigenvalue weighted by molar-refractivity contribution is 1.02. The van der Waals surface area contributed by atoms with Crippen molar-refractivity contribution in [3.8, 4) is 6.07 Å². The molecule has 1 aromatic carbocycles. The Morgan fingerprint density at radius 1 is 1.38 bits per heavy atom. The van der Waals surface area contributed by atoms with Crippen molar-refractivity contribution < 1.29 is 0 Å². The van der Waals surface area contributed by atoms with E-state index in [-0.39, 0.29) is 12.4 Å². The molecule has 0 bridgehead atoms. The first kappa shape index (κ1) is 12.8. The van der Waals surface area contributed by atoms with Crippen LogP contribution < -0.4 is 0 Å². The van der Waals surface area contributed by atoms with Gasteiger partial charge in [-0.1, -0.05) is 17.7 Å². The van der Waals surface area contributed by atoms with E-state index in [1.807, 2.05) is 18.2 Å². The van der Waals surface area contributed by atoms with Crippen molar-refractivity contribution in [1.29, 1.82) is 5.26 Å². The third-order valence-electron chi connectivity index (χ3n) is 2.34. The molecule has 2 rings (SSSR count). The van der Waals surface area contributed by atoms with Crippen molar-refractivity contribution in [3.05, 3.63) is 40.4 Å². The summed E-state index contributed by atoms with van der Waals surface area (Å²) in [6, 6.07) is 7.57. The molecule has 0 aromatic heterocycles. The summed E-state index contributed by atoms with van der Waals surface area (Å²) < 4.78 is 0. The Morgan fingerprint density at radius 3 is 2.81 bits per heavy atom. The molecule has 0 radical (unpaired) electrons. The molecule has 0 spiro atoms. The molecule has 0 N–H and O–H groups in total. The van der Waals surface area contributed by atoms with Gasteiger partial charge in [-0.3, -0.25) is 4.99 Å². The van der Waals surface area contributed by atoms with E-state index in [2.05, 4.69) is 11.1 Å². The number of halogens is 2. The van der Waals surface area contributed by atoms with E-state index < -0.39 is 0 Å². The van der Waals surface area contributed by atoms with Gasteiger partial charge in [-0.2, -0.15) is 5.26 Å². The van der Waals surface area contributed by atoms with Gasteiger partial charge in [0.05, 0.1) is 11.6 Å². The maximum atomic E-state index is 9.00. The topological polar surface area (TPSA) is 36.1 Å².